The molecule has 0 radical (unpaired) electrons. The molecule has 0 aromatic carbocycles. The number of aliphatic hydroxyl groups excluding tert-OH is 1. The minimum atomic E-state index is 0.0923. The summed E-state index contributed by atoms with van der Waals surface area (Å²) in [6, 6.07) is 0.361. The Morgan fingerprint density at radius 2 is 2.31 bits per heavy atom. The third kappa shape index (κ3) is 2.55. The summed E-state index contributed by atoms with van der Waals surface area (Å²) < 4.78 is 5.27. The minimum Gasteiger partial charge on any atom is -0.396 e. The molecule has 0 bridgehead atoms. The van der Waals surface area contributed by atoms with E-state index in [-0.39, 0.29) is 18.4 Å². The van der Waals surface area contributed by atoms with Crippen LogP contribution < -0.4 is 0 Å². The van der Waals surface area contributed by atoms with Gasteiger partial charge in [-0.25, -0.2) is 0 Å². The van der Waals surface area contributed by atoms with Crippen LogP contribution in [0.15, 0.2) is 0 Å². The molecule has 2 atom stereocenters. The topological polar surface area (TPSA) is 49.8 Å². The van der Waals surface area contributed by atoms with Crippen LogP contribution in [0.25, 0.3) is 0 Å². The van der Waals surface area contributed by atoms with E-state index in [1.54, 1.807) is 0 Å². The highest BCUT2D eigenvalue weighted by molar-refractivity contribution is 5.79. The fraction of sp³-hybridized carbons (Fsp3) is 0.917. The van der Waals surface area contributed by atoms with Gasteiger partial charge in [-0.05, 0) is 32.1 Å². The van der Waals surface area contributed by atoms with Crippen molar-refractivity contribution in [2.24, 2.45) is 5.92 Å². The molecule has 0 aliphatic carbocycles. The summed E-state index contributed by atoms with van der Waals surface area (Å²) in [7, 11) is 0. The Morgan fingerprint density at radius 1 is 1.44 bits per heavy atom. The first-order chi connectivity index (χ1) is 7.83. The van der Waals surface area contributed by atoms with E-state index in [2.05, 4.69) is 0 Å². The number of carbonyl (C=O) groups is 1. The normalized spacial score (nSPS) is 29.9. The molecule has 2 heterocycles. The number of hydrogen-bond donors (Lipinski definition) is 1. The average molecular weight is 227 g/mol. The second-order valence-corrected chi connectivity index (χ2v) is 4.75. The molecule has 16 heavy (non-hydrogen) atoms. The van der Waals surface area contributed by atoms with Crippen LogP contribution in [0.4, 0.5) is 0 Å². The van der Waals surface area contributed by atoms with E-state index in [0.717, 1.165) is 45.3 Å². The van der Waals surface area contributed by atoms with E-state index in [9.17, 15) is 4.79 Å². The number of likely N-dealkylation sites (tertiary alicyclic amines) is 1. The molecule has 2 unspecified atom stereocenters. The number of ether oxygens (including phenoxy) is 1. The Bertz CT molecular complexity index is 238. The first kappa shape index (κ1) is 11.9. The second-order valence-electron chi connectivity index (χ2n) is 4.75. The van der Waals surface area contributed by atoms with Crippen LogP contribution in [0, 0.1) is 5.92 Å². The van der Waals surface area contributed by atoms with E-state index in [0.29, 0.717) is 12.6 Å². The lowest BCUT2D eigenvalue weighted by Crippen LogP contribution is -2.40. The molecule has 0 saturated carbocycles. The molecule has 4 heteroatoms. The summed E-state index contributed by atoms with van der Waals surface area (Å²) in [6.07, 6.45) is 4.82. The third-order valence-corrected chi connectivity index (χ3v) is 3.63. The van der Waals surface area contributed by atoms with Crippen LogP contribution in [0.1, 0.15) is 32.1 Å². The lowest BCUT2D eigenvalue weighted by molar-refractivity contribution is -0.136. The van der Waals surface area contributed by atoms with Crippen LogP contribution in [0.2, 0.25) is 0 Å². The minimum absolute atomic E-state index is 0.0923. The predicted molar refractivity (Wildman–Crippen MR) is 60.0 cm³/mol. The van der Waals surface area contributed by atoms with E-state index >= 15 is 0 Å². The van der Waals surface area contributed by atoms with E-state index < -0.39 is 0 Å². The monoisotopic (exact) mass is 227 g/mol. The van der Waals surface area contributed by atoms with Crippen LogP contribution in [-0.2, 0) is 9.53 Å². The zero-order chi connectivity index (χ0) is 11.4. The van der Waals surface area contributed by atoms with Crippen molar-refractivity contribution in [1.82, 2.24) is 4.90 Å². The third-order valence-electron chi connectivity index (χ3n) is 3.63. The summed E-state index contributed by atoms with van der Waals surface area (Å²) in [5.41, 5.74) is 0. The quantitative estimate of drug-likeness (QED) is 0.772. The number of carbonyl (C=O) groups excluding carboxylic acids is 1. The molecule has 2 rings (SSSR count). The van der Waals surface area contributed by atoms with Gasteiger partial charge in [0, 0.05) is 25.8 Å². The first-order valence-corrected chi connectivity index (χ1v) is 6.32. The molecule has 0 aromatic heterocycles. The molecule has 4 nitrogen and oxygen atoms in total. The highest BCUT2D eigenvalue weighted by Crippen LogP contribution is 2.25. The van der Waals surface area contributed by atoms with Crippen molar-refractivity contribution >= 4 is 5.91 Å². The average Bonchev–Trinajstić information content (AvgIpc) is 2.96. The smallest absolute Gasteiger partial charge is 0.228 e. The summed E-state index contributed by atoms with van der Waals surface area (Å²) in [4.78, 5) is 14.2. The van der Waals surface area contributed by atoms with Crippen molar-refractivity contribution in [3.05, 3.63) is 0 Å². The Morgan fingerprint density at radius 3 is 3.00 bits per heavy atom. The largest absolute Gasteiger partial charge is 0.396 e. The molecular weight excluding hydrogens is 206 g/mol. The fourth-order valence-corrected chi connectivity index (χ4v) is 2.72. The Kier molecular flexibility index (Phi) is 4.18. The van der Waals surface area contributed by atoms with Crippen molar-refractivity contribution in [2.75, 3.05) is 26.4 Å². The van der Waals surface area contributed by atoms with E-state index in [1.165, 1.54) is 0 Å². The molecular formula is C12H21NO3. The molecule has 2 aliphatic rings. The van der Waals surface area contributed by atoms with Crippen LogP contribution in [-0.4, -0.2) is 48.3 Å². The number of hydrogen-bond acceptors (Lipinski definition) is 3. The standard InChI is InChI=1S/C12H21NO3/c14-7-2-4-11-3-1-6-13(11)12(15)10-5-8-16-9-10/h10-11,14H,1-9H2. The number of aliphatic hydroxyl groups is 1. The molecule has 2 fully saturated rings. The fourth-order valence-electron chi connectivity index (χ4n) is 2.72. The van der Waals surface area contributed by atoms with Crippen molar-refractivity contribution < 1.29 is 14.6 Å². The predicted octanol–water partition coefficient (Wildman–Crippen LogP) is 0.786. The van der Waals surface area contributed by atoms with Gasteiger partial charge in [-0.15, -0.1) is 0 Å². The second kappa shape index (κ2) is 5.64. The van der Waals surface area contributed by atoms with E-state index in [1.807, 2.05) is 4.90 Å². The number of amides is 1. The van der Waals surface area contributed by atoms with Gasteiger partial charge in [-0.1, -0.05) is 0 Å². The molecule has 92 valence electrons. The molecule has 1 N–H and O–H groups in total. The molecule has 0 aromatic rings. The van der Waals surface area contributed by atoms with Gasteiger partial charge < -0.3 is 14.7 Å². The van der Waals surface area contributed by atoms with Crippen molar-refractivity contribution in [2.45, 2.75) is 38.1 Å². The summed E-state index contributed by atoms with van der Waals surface area (Å²) in [5.74, 6) is 0.368. The maximum atomic E-state index is 12.2. The molecule has 2 saturated heterocycles. The highest BCUT2D eigenvalue weighted by Gasteiger charge is 2.34. The van der Waals surface area contributed by atoms with Gasteiger partial charge in [0.2, 0.25) is 5.91 Å². The maximum absolute atomic E-state index is 12.2. The van der Waals surface area contributed by atoms with Crippen molar-refractivity contribution in [3.8, 4) is 0 Å². The van der Waals surface area contributed by atoms with Crippen molar-refractivity contribution in [3.63, 3.8) is 0 Å². The van der Waals surface area contributed by atoms with Gasteiger partial charge >= 0.3 is 0 Å². The van der Waals surface area contributed by atoms with Crippen LogP contribution in [0.5, 0.6) is 0 Å². The van der Waals surface area contributed by atoms with Gasteiger partial charge in [0.05, 0.1) is 12.5 Å². The van der Waals surface area contributed by atoms with E-state index in [4.69, 9.17) is 9.84 Å². The van der Waals surface area contributed by atoms with Gasteiger partial charge in [-0.2, -0.15) is 0 Å². The van der Waals surface area contributed by atoms with Gasteiger partial charge in [0.1, 0.15) is 0 Å². The zero-order valence-electron chi connectivity index (χ0n) is 9.73. The van der Waals surface area contributed by atoms with Crippen LogP contribution in [0.3, 0.4) is 0 Å². The molecule has 0 spiro atoms. The molecule has 1 amide bonds. The number of nitrogens with zero attached hydrogens (tertiary/aromatic N) is 1. The lowest BCUT2D eigenvalue weighted by Gasteiger charge is -2.26. The zero-order valence-corrected chi connectivity index (χ0v) is 9.73. The summed E-state index contributed by atoms with van der Waals surface area (Å²) in [6.45, 7) is 2.45. The van der Waals surface area contributed by atoms with Crippen LogP contribution >= 0.6 is 0 Å². The summed E-state index contributed by atoms with van der Waals surface area (Å²) in [5, 5.41) is 8.84. The Balaban J connectivity index is 1.88. The first-order valence-electron chi connectivity index (χ1n) is 6.32. The van der Waals surface area contributed by atoms with Crippen molar-refractivity contribution in [1.29, 1.82) is 0 Å². The highest BCUT2D eigenvalue weighted by atomic mass is 16.5. The van der Waals surface area contributed by atoms with Gasteiger partial charge in [0.25, 0.3) is 0 Å². The summed E-state index contributed by atoms with van der Waals surface area (Å²) >= 11 is 0. The SMILES string of the molecule is O=C(C1CCOC1)N1CCCC1CCCO. The molecule has 2 aliphatic heterocycles. The van der Waals surface area contributed by atoms with Gasteiger partial charge in [0.15, 0.2) is 0 Å². The maximum Gasteiger partial charge on any atom is 0.228 e. The Hall–Kier alpha value is -0.610. The number of rotatable bonds is 4. The lowest BCUT2D eigenvalue weighted by atomic mass is 10.0. The Labute approximate surface area is 96.6 Å². The van der Waals surface area contributed by atoms with Gasteiger partial charge in [-0.3, -0.25) is 4.79 Å².